The van der Waals surface area contributed by atoms with Gasteiger partial charge in [0.05, 0.1) is 16.8 Å². The molecule has 19 heavy (non-hydrogen) atoms. The number of nitrogens with one attached hydrogen (secondary N) is 1. The van der Waals surface area contributed by atoms with E-state index in [2.05, 4.69) is 5.32 Å². The summed E-state index contributed by atoms with van der Waals surface area (Å²) in [5.41, 5.74) is 10.6. The maximum absolute atomic E-state index is 11.9. The molecule has 0 radical (unpaired) electrons. The number of rotatable bonds is 4. The third kappa shape index (κ3) is 4.40. The Hall–Kier alpha value is -0.180. The van der Waals surface area contributed by atoms with Gasteiger partial charge in [0, 0.05) is 0 Å². The summed E-state index contributed by atoms with van der Waals surface area (Å²) in [7, 11) is 0. The first-order chi connectivity index (χ1) is 8.64. The van der Waals surface area contributed by atoms with Crippen LogP contribution in [0.1, 0.15) is 20.7 Å². The molecule has 1 rings (SSSR count). The van der Waals surface area contributed by atoms with Gasteiger partial charge < -0.3 is 16.8 Å². The molecule has 1 aromatic carbocycles. The molecule has 0 heterocycles. The molecule has 6 nitrogen and oxygen atoms in total. The van der Waals surface area contributed by atoms with Gasteiger partial charge in [0.15, 0.2) is 0 Å². The summed E-state index contributed by atoms with van der Waals surface area (Å²) in [5.74, 6) is -1.88. The van der Waals surface area contributed by atoms with Crippen molar-refractivity contribution in [2.24, 2.45) is 11.5 Å². The fraction of sp³-hybridized carbons (Fsp3) is 0.100. The number of hydrogen-bond donors (Lipinski definition) is 3. The number of carbonyl (C=O) groups is 3. The maximum Gasteiger partial charge on any atom is 0.260 e. The highest BCUT2D eigenvalue weighted by Crippen LogP contribution is 2.37. The Morgan fingerprint density at radius 1 is 1.00 bits per heavy atom. The molecule has 0 aliphatic heterocycles. The smallest absolute Gasteiger partial charge is 0.260 e. The lowest BCUT2D eigenvalue weighted by Crippen LogP contribution is -2.29. The highest BCUT2D eigenvalue weighted by atomic mass is 127. The lowest BCUT2D eigenvalue weighted by Gasteiger charge is -2.16. The third-order valence-electron chi connectivity index (χ3n) is 2.09. The Bertz CT molecular complexity index is 522. The molecule has 3 amide bonds. The van der Waals surface area contributed by atoms with E-state index in [1.54, 1.807) is 0 Å². The Labute approximate surface area is 149 Å². The molecular weight excluding hydrogens is 591 g/mol. The number of benzene rings is 1. The van der Waals surface area contributed by atoms with Crippen molar-refractivity contribution in [1.82, 2.24) is 0 Å². The minimum absolute atomic E-state index is 0.0399. The molecule has 9 heteroatoms. The van der Waals surface area contributed by atoms with Crippen LogP contribution in [0.25, 0.3) is 0 Å². The van der Waals surface area contributed by atoms with E-state index in [0.29, 0.717) is 0 Å². The van der Waals surface area contributed by atoms with Gasteiger partial charge in [-0.1, -0.05) is 6.07 Å². The molecule has 0 spiro atoms. The molecular formula is C10H8I3N3O3. The second kappa shape index (κ2) is 6.51. The summed E-state index contributed by atoms with van der Waals surface area (Å²) in [6.07, 6.45) is 0. The lowest BCUT2D eigenvalue weighted by atomic mass is 10.1. The Balaban J connectivity index is 3.34. The molecule has 0 unspecified atom stereocenters. The second-order valence-corrected chi connectivity index (χ2v) is 14.5. The quantitative estimate of drug-likeness (QED) is 0.363. The zero-order chi connectivity index (χ0) is 14.8. The van der Waals surface area contributed by atoms with E-state index in [4.69, 9.17) is 11.5 Å². The monoisotopic (exact) mass is 599 g/mol. The number of halogens is 3. The van der Waals surface area contributed by atoms with Crippen molar-refractivity contribution in [3.63, 3.8) is 0 Å². The summed E-state index contributed by atoms with van der Waals surface area (Å²) in [6, 6.07) is 4.31. The van der Waals surface area contributed by atoms with Crippen LogP contribution < -0.4 is 16.8 Å². The van der Waals surface area contributed by atoms with Crippen LogP contribution in [-0.2, 0) is 4.79 Å². The predicted molar refractivity (Wildman–Crippen MR) is 96.9 cm³/mol. The number of hydrogen-bond acceptors (Lipinski definition) is 3. The Morgan fingerprint density at radius 2 is 1.42 bits per heavy atom. The molecule has 0 bridgehead atoms. The first kappa shape index (κ1) is 16.9. The standard InChI is InChI=1S/C10H8I3N3O3/c11-10(12,13)9(19)16-6-4(7(14)17)2-1-3-5(6)8(15)18/h1-3H,(H2,14,17)(H2,15,18)(H,16,19). The maximum atomic E-state index is 11.9. The highest BCUT2D eigenvalue weighted by Gasteiger charge is 2.30. The summed E-state index contributed by atoms with van der Waals surface area (Å²) < 4.78 is -0.771. The molecule has 1 aromatic rings. The third-order valence-corrected chi connectivity index (χ3v) is 3.56. The van der Waals surface area contributed by atoms with Gasteiger partial charge in [0.1, 0.15) is 0 Å². The van der Waals surface area contributed by atoms with E-state index < -0.39 is 11.2 Å². The van der Waals surface area contributed by atoms with Crippen LogP contribution in [0.2, 0.25) is 0 Å². The van der Waals surface area contributed by atoms with Crippen LogP contribution in [0.5, 0.6) is 0 Å². The van der Waals surface area contributed by atoms with Crippen LogP contribution >= 0.6 is 67.8 Å². The second-order valence-electron chi connectivity index (χ2n) is 3.41. The minimum atomic E-state index is -0.771. The Kier molecular flexibility index (Phi) is 5.78. The number of primary amides is 2. The van der Waals surface area contributed by atoms with Crippen molar-refractivity contribution in [2.45, 2.75) is -0.565 Å². The SMILES string of the molecule is NC(=O)c1cccc(C(N)=O)c1NC(=O)C(I)(I)I. The van der Waals surface area contributed by atoms with E-state index in [0.717, 1.165) is 0 Å². The van der Waals surface area contributed by atoms with E-state index in [1.165, 1.54) is 18.2 Å². The normalized spacial score (nSPS) is 10.9. The van der Waals surface area contributed by atoms with Gasteiger partial charge in [-0.05, 0) is 79.9 Å². The number of alkyl halides is 3. The van der Waals surface area contributed by atoms with Crippen LogP contribution in [0.3, 0.4) is 0 Å². The average Bonchev–Trinajstić information content (AvgIpc) is 2.27. The number of para-hydroxylation sites is 1. The first-order valence-corrected chi connectivity index (χ1v) is 7.99. The van der Waals surface area contributed by atoms with Gasteiger partial charge in [0.2, 0.25) is -0.565 Å². The zero-order valence-electron chi connectivity index (χ0n) is 9.25. The molecule has 0 fully saturated rings. The molecule has 0 atom stereocenters. The minimum Gasteiger partial charge on any atom is -0.366 e. The number of amides is 3. The van der Waals surface area contributed by atoms with Crippen LogP contribution in [-0.4, -0.2) is 17.2 Å². The van der Waals surface area contributed by atoms with Crippen molar-refractivity contribution in [3.8, 4) is 0 Å². The summed E-state index contributed by atoms with van der Waals surface area (Å²) in [6.45, 7) is 0. The fourth-order valence-electron chi connectivity index (χ4n) is 1.28. The van der Waals surface area contributed by atoms with Crippen LogP contribution in [0.15, 0.2) is 18.2 Å². The summed E-state index contributed by atoms with van der Waals surface area (Å²) in [4.78, 5) is 34.6. The molecule has 0 saturated carbocycles. The van der Waals surface area contributed by atoms with Crippen molar-refractivity contribution in [3.05, 3.63) is 29.3 Å². The lowest BCUT2D eigenvalue weighted by molar-refractivity contribution is -0.114. The van der Waals surface area contributed by atoms with Crippen LogP contribution in [0.4, 0.5) is 5.69 Å². The molecule has 102 valence electrons. The number of nitrogens with two attached hydrogens (primary N) is 2. The molecule has 0 saturated heterocycles. The van der Waals surface area contributed by atoms with E-state index >= 15 is 0 Å². The number of anilines is 1. The molecule has 0 aliphatic rings. The molecule has 0 aromatic heterocycles. The van der Waals surface area contributed by atoms with Gasteiger partial charge in [-0.15, -0.1) is 0 Å². The fourth-order valence-corrected chi connectivity index (χ4v) is 1.69. The summed E-state index contributed by atoms with van der Waals surface area (Å²) in [5, 5.41) is 2.52. The number of carbonyl (C=O) groups excluding carboxylic acids is 3. The van der Waals surface area contributed by atoms with Crippen molar-refractivity contribution >= 4 is 91.2 Å². The van der Waals surface area contributed by atoms with Gasteiger partial charge >= 0.3 is 0 Å². The topological polar surface area (TPSA) is 115 Å². The van der Waals surface area contributed by atoms with E-state index in [-0.39, 0.29) is 22.7 Å². The van der Waals surface area contributed by atoms with Gasteiger partial charge in [0.25, 0.3) is 17.7 Å². The van der Waals surface area contributed by atoms with Crippen molar-refractivity contribution in [1.29, 1.82) is 0 Å². The molecule has 5 N–H and O–H groups in total. The van der Waals surface area contributed by atoms with E-state index in [1.807, 2.05) is 67.8 Å². The van der Waals surface area contributed by atoms with Gasteiger partial charge in [-0.25, -0.2) is 0 Å². The predicted octanol–water partition coefficient (Wildman–Crippen LogP) is 1.78. The van der Waals surface area contributed by atoms with E-state index in [9.17, 15) is 14.4 Å². The van der Waals surface area contributed by atoms with Gasteiger partial charge in [-0.3, -0.25) is 14.4 Å². The van der Waals surface area contributed by atoms with Crippen molar-refractivity contribution in [2.75, 3.05) is 5.32 Å². The van der Waals surface area contributed by atoms with Gasteiger partial charge in [-0.2, -0.15) is 0 Å². The molecule has 0 aliphatic carbocycles. The average molecular weight is 599 g/mol. The van der Waals surface area contributed by atoms with Crippen LogP contribution in [0, 0.1) is 0 Å². The van der Waals surface area contributed by atoms with Crippen molar-refractivity contribution < 1.29 is 14.4 Å². The Morgan fingerprint density at radius 3 is 1.74 bits per heavy atom. The highest BCUT2D eigenvalue weighted by molar-refractivity contribution is 14.3. The largest absolute Gasteiger partial charge is 0.366 e. The summed E-state index contributed by atoms with van der Waals surface area (Å²) >= 11 is 5.75. The zero-order valence-corrected chi connectivity index (χ0v) is 15.7. The first-order valence-electron chi connectivity index (χ1n) is 4.75.